The fourth-order valence-corrected chi connectivity index (χ4v) is 2.91. The largest absolute Gasteiger partial charge is 0.369 e. The Morgan fingerprint density at radius 2 is 2.12 bits per heavy atom. The Balaban J connectivity index is 2.29. The Labute approximate surface area is 113 Å². The van der Waals surface area contributed by atoms with Crippen LogP contribution in [-0.4, -0.2) is 25.2 Å². The summed E-state index contributed by atoms with van der Waals surface area (Å²) in [7, 11) is 0. The molecule has 0 radical (unpaired) electrons. The van der Waals surface area contributed by atoms with Crippen LogP contribution < -0.4 is 10.2 Å². The normalized spacial score (nSPS) is 20.1. The van der Waals surface area contributed by atoms with E-state index in [1.54, 1.807) is 0 Å². The fraction of sp³-hybridized carbons (Fsp3) is 0.571. The average Bonchev–Trinajstić information content (AvgIpc) is 2.43. The first-order chi connectivity index (χ1) is 7.99. The van der Waals surface area contributed by atoms with Crippen LogP contribution in [0.5, 0.6) is 0 Å². The van der Waals surface area contributed by atoms with E-state index in [9.17, 15) is 0 Å². The van der Waals surface area contributed by atoms with E-state index in [0.29, 0.717) is 0 Å². The summed E-state index contributed by atoms with van der Waals surface area (Å²) in [6, 6.07) is 6.49. The van der Waals surface area contributed by atoms with Crippen LogP contribution in [0.15, 0.2) is 22.7 Å². The molecule has 1 fully saturated rings. The van der Waals surface area contributed by atoms with Crippen LogP contribution in [0, 0.1) is 6.92 Å². The number of anilines is 1. The van der Waals surface area contributed by atoms with E-state index < -0.39 is 0 Å². The van der Waals surface area contributed by atoms with Gasteiger partial charge in [-0.25, -0.2) is 0 Å². The van der Waals surface area contributed by atoms with Gasteiger partial charge in [0.25, 0.3) is 0 Å². The van der Waals surface area contributed by atoms with Gasteiger partial charge in [-0.2, -0.15) is 0 Å². The van der Waals surface area contributed by atoms with Gasteiger partial charge in [-0.05, 0) is 61.3 Å². The monoisotopic (exact) mass is 296 g/mol. The number of benzene rings is 1. The number of hydrogen-bond acceptors (Lipinski definition) is 2. The highest BCUT2D eigenvalue weighted by Crippen LogP contribution is 2.30. The zero-order valence-electron chi connectivity index (χ0n) is 10.9. The second-order valence-corrected chi connectivity index (χ2v) is 6.29. The van der Waals surface area contributed by atoms with E-state index in [4.69, 9.17) is 0 Å². The molecule has 0 atom stereocenters. The smallest absolute Gasteiger partial charge is 0.0514 e. The second-order valence-electron chi connectivity index (χ2n) is 5.49. The summed E-state index contributed by atoms with van der Waals surface area (Å²) < 4.78 is 1.23. The van der Waals surface area contributed by atoms with Crippen molar-refractivity contribution in [1.29, 1.82) is 0 Å². The van der Waals surface area contributed by atoms with E-state index in [1.807, 2.05) is 0 Å². The van der Waals surface area contributed by atoms with Crippen molar-refractivity contribution in [2.75, 3.05) is 24.5 Å². The summed E-state index contributed by atoms with van der Waals surface area (Å²) in [6.45, 7) is 9.97. The predicted molar refractivity (Wildman–Crippen MR) is 77.8 cm³/mol. The van der Waals surface area contributed by atoms with Gasteiger partial charge in [0.1, 0.15) is 0 Å². The Morgan fingerprint density at radius 1 is 1.35 bits per heavy atom. The van der Waals surface area contributed by atoms with Crippen LogP contribution in [0.25, 0.3) is 0 Å². The molecule has 1 N–H and O–H groups in total. The SMILES string of the molecule is Cc1cccc(N2CCCNC(C)(C)C2)c1Br. The molecule has 2 nitrogen and oxygen atoms in total. The number of nitrogens with zero attached hydrogens (tertiary/aromatic N) is 1. The number of hydrogen-bond donors (Lipinski definition) is 1. The maximum Gasteiger partial charge on any atom is 0.0514 e. The molecule has 17 heavy (non-hydrogen) atoms. The third-order valence-electron chi connectivity index (χ3n) is 3.31. The highest BCUT2D eigenvalue weighted by molar-refractivity contribution is 9.10. The standard InChI is InChI=1S/C14H21BrN2/c1-11-6-4-7-12(13(11)15)17-9-5-8-16-14(2,3)10-17/h4,6-7,16H,5,8-10H2,1-3H3. The molecule has 0 spiro atoms. The zero-order valence-corrected chi connectivity index (χ0v) is 12.5. The van der Waals surface area contributed by atoms with E-state index in [0.717, 1.165) is 19.6 Å². The topological polar surface area (TPSA) is 15.3 Å². The Bertz CT molecular complexity index is 401. The first kappa shape index (κ1) is 12.9. The lowest BCUT2D eigenvalue weighted by Crippen LogP contribution is -2.46. The zero-order chi connectivity index (χ0) is 12.5. The maximum atomic E-state index is 3.72. The van der Waals surface area contributed by atoms with Gasteiger partial charge in [0.15, 0.2) is 0 Å². The van der Waals surface area contributed by atoms with Crippen LogP contribution >= 0.6 is 15.9 Å². The molecule has 0 bridgehead atoms. The molecule has 0 aliphatic carbocycles. The summed E-state index contributed by atoms with van der Waals surface area (Å²) in [5.41, 5.74) is 2.80. The van der Waals surface area contributed by atoms with Gasteiger partial charge >= 0.3 is 0 Å². The van der Waals surface area contributed by atoms with E-state index >= 15 is 0 Å². The number of nitrogens with one attached hydrogen (secondary N) is 1. The second kappa shape index (κ2) is 4.99. The molecule has 0 amide bonds. The molecular formula is C14H21BrN2. The Kier molecular flexibility index (Phi) is 3.79. The van der Waals surface area contributed by atoms with Crippen molar-refractivity contribution < 1.29 is 0 Å². The van der Waals surface area contributed by atoms with E-state index in [-0.39, 0.29) is 5.54 Å². The molecule has 0 saturated carbocycles. The van der Waals surface area contributed by atoms with Gasteiger partial charge in [-0.1, -0.05) is 12.1 Å². The molecule has 2 rings (SSSR count). The van der Waals surface area contributed by atoms with Gasteiger partial charge in [-0.15, -0.1) is 0 Å². The molecule has 1 aromatic rings. The van der Waals surface area contributed by atoms with Crippen molar-refractivity contribution in [3.63, 3.8) is 0 Å². The van der Waals surface area contributed by atoms with Crippen molar-refractivity contribution in [3.05, 3.63) is 28.2 Å². The highest BCUT2D eigenvalue weighted by atomic mass is 79.9. The van der Waals surface area contributed by atoms with Crippen LogP contribution in [0.1, 0.15) is 25.8 Å². The Morgan fingerprint density at radius 3 is 2.88 bits per heavy atom. The van der Waals surface area contributed by atoms with E-state index in [1.165, 1.54) is 22.1 Å². The molecule has 1 aliphatic rings. The Hall–Kier alpha value is -0.540. The lowest BCUT2D eigenvalue weighted by molar-refractivity contribution is 0.416. The maximum absolute atomic E-state index is 3.72. The lowest BCUT2D eigenvalue weighted by Gasteiger charge is -2.32. The van der Waals surface area contributed by atoms with Crippen molar-refractivity contribution in [3.8, 4) is 0 Å². The molecule has 1 heterocycles. The highest BCUT2D eigenvalue weighted by Gasteiger charge is 2.25. The molecular weight excluding hydrogens is 276 g/mol. The van der Waals surface area contributed by atoms with Gasteiger partial charge in [-0.3, -0.25) is 0 Å². The van der Waals surface area contributed by atoms with Gasteiger partial charge in [0.2, 0.25) is 0 Å². The minimum atomic E-state index is 0.180. The number of rotatable bonds is 1. The van der Waals surface area contributed by atoms with Crippen molar-refractivity contribution in [1.82, 2.24) is 5.32 Å². The van der Waals surface area contributed by atoms with Gasteiger partial charge in [0, 0.05) is 23.1 Å². The number of aryl methyl sites for hydroxylation is 1. The molecule has 94 valence electrons. The van der Waals surface area contributed by atoms with Crippen molar-refractivity contribution >= 4 is 21.6 Å². The average molecular weight is 297 g/mol. The van der Waals surface area contributed by atoms with Crippen molar-refractivity contribution in [2.24, 2.45) is 0 Å². The van der Waals surface area contributed by atoms with Crippen molar-refractivity contribution in [2.45, 2.75) is 32.7 Å². The first-order valence-electron chi connectivity index (χ1n) is 6.25. The summed E-state index contributed by atoms with van der Waals surface area (Å²) >= 11 is 3.72. The van der Waals surface area contributed by atoms with Crippen LogP contribution in [0.2, 0.25) is 0 Å². The first-order valence-corrected chi connectivity index (χ1v) is 7.04. The lowest BCUT2D eigenvalue weighted by atomic mass is 10.1. The van der Waals surface area contributed by atoms with E-state index in [2.05, 4.69) is 65.1 Å². The molecule has 1 aliphatic heterocycles. The van der Waals surface area contributed by atoms with Crippen LogP contribution in [0.3, 0.4) is 0 Å². The predicted octanol–water partition coefficient (Wildman–Crippen LogP) is 3.34. The summed E-state index contributed by atoms with van der Waals surface area (Å²) in [5.74, 6) is 0. The van der Waals surface area contributed by atoms with Crippen LogP contribution in [0.4, 0.5) is 5.69 Å². The van der Waals surface area contributed by atoms with Gasteiger partial charge in [0.05, 0.1) is 5.69 Å². The van der Waals surface area contributed by atoms with Gasteiger partial charge < -0.3 is 10.2 Å². The minimum Gasteiger partial charge on any atom is -0.369 e. The fourth-order valence-electron chi connectivity index (χ4n) is 2.39. The quantitative estimate of drug-likeness (QED) is 0.855. The molecule has 1 saturated heterocycles. The molecule has 0 aromatic heterocycles. The third-order valence-corrected chi connectivity index (χ3v) is 4.34. The molecule has 1 aromatic carbocycles. The minimum absolute atomic E-state index is 0.180. The third kappa shape index (κ3) is 3.02. The summed E-state index contributed by atoms with van der Waals surface area (Å²) in [4.78, 5) is 2.48. The summed E-state index contributed by atoms with van der Waals surface area (Å²) in [6.07, 6.45) is 1.20. The summed E-state index contributed by atoms with van der Waals surface area (Å²) in [5, 5.41) is 3.60. The molecule has 0 unspecified atom stereocenters. The van der Waals surface area contributed by atoms with Crippen LogP contribution in [-0.2, 0) is 0 Å². The number of halogens is 1. The molecule has 3 heteroatoms.